The minimum absolute atomic E-state index is 0.440. The van der Waals surface area contributed by atoms with E-state index in [1.165, 1.54) is 11.9 Å². The summed E-state index contributed by atoms with van der Waals surface area (Å²) in [6, 6.07) is 21.3. The lowest BCUT2D eigenvalue weighted by Gasteiger charge is -2.10. The molecule has 7 heteroatoms. The van der Waals surface area contributed by atoms with Gasteiger partial charge in [-0.25, -0.2) is 4.68 Å². The highest BCUT2D eigenvalue weighted by Gasteiger charge is 2.10. The van der Waals surface area contributed by atoms with Crippen LogP contribution in [0.3, 0.4) is 0 Å². The van der Waals surface area contributed by atoms with Gasteiger partial charge in [-0.05, 0) is 48.7 Å². The number of nitrogens with zero attached hydrogens (tertiary/aromatic N) is 4. The minimum Gasteiger partial charge on any atom is -0.439 e. The van der Waals surface area contributed by atoms with Gasteiger partial charge in [-0.15, -0.1) is 0 Å². The van der Waals surface area contributed by atoms with Crippen molar-refractivity contribution in [2.45, 2.75) is 11.8 Å². The highest BCUT2D eigenvalue weighted by atomic mass is 32.2. The van der Waals surface area contributed by atoms with E-state index >= 15 is 0 Å². The quantitative estimate of drug-likeness (QED) is 0.485. The standard InChI is InChI=1S/C20H17N5OS/c1-15-13-21-25(14-15)18-12-19(26-16-8-4-2-5-9-16)23-20(22-18)24-27-17-10-6-3-7-11-17/h2-14H,1H3,(H,22,23,24). The van der Waals surface area contributed by atoms with Crippen LogP contribution >= 0.6 is 11.9 Å². The van der Waals surface area contributed by atoms with Crippen LogP contribution in [0.1, 0.15) is 5.56 Å². The van der Waals surface area contributed by atoms with Gasteiger partial charge in [0.1, 0.15) is 5.75 Å². The molecule has 2 heterocycles. The Morgan fingerprint density at radius 2 is 1.70 bits per heavy atom. The van der Waals surface area contributed by atoms with Crippen LogP contribution in [0.4, 0.5) is 5.95 Å². The van der Waals surface area contributed by atoms with Crippen LogP contribution in [0, 0.1) is 6.92 Å². The molecule has 0 unspecified atom stereocenters. The van der Waals surface area contributed by atoms with Crippen molar-refractivity contribution in [3.05, 3.63) is 84.7 Å². The van der Waals surface area contributed by atoms with Gasteiger partial charge in [-0.2, -0.15) is 15.1 Å². The summed E-state index contributed by atoms with van der Waals surface area (Å²) in [5.74, 6) is 2.22. The van der Waals surface area contributed by atoms with Gasteiger partial charge in [0.25, 0.3) is 0 Å². The van der Waals surface area contributed by atoms with E-state index < -0.39 is 0 Å². The second kappa shape index (κ2) is 7.92. The monoisotopic (exact) mass is 375 g/mol. The summed E-state index contributed by atoms with van der Waals surface area (Å²) in [7, 11) is 0. The molecule has 1 N–H and O–H groups in total. The lowest BCUT2D eigenvalue weighted by atomic mass is 10.3. The number of anilines is 1. The fourth-order valence-corrected chi connectivity index (χ4v) is 2.96. The number of hydrogen-bond acceptors (Lipinski definition) is 6. The molecule has 4 rings (SSSR count). The lowest BCUT2D eigenvalue weighted by Crippen LogP contribution is -2.04. The second-order valence-corrected chi connectivity index (χ2v) is 6.66. The predicted octanol–water partition coefficient (Wildman–Crippen LogP) is 4.88. The highest BCUT2D eigenvalue weighted by Crippen LogP contribution is 2.25. The molecule has 0 aliphatic rings. The summed E-state index contributed by atoms with van der Waals surface area (Å²) in [4.78, 5) is 10.1. The number of para-hydroxylation sites is 1. The van der Waals surface area contributed by atoms with Crippen molar-refractivity contribution in [2.75, 3.05) is 4.72 Å². The van der Waals surface area contributed by atoms with E-state index in [4.69, 9.17) is 4.74 Å². The summed E-state index contributed by atoms with van der Waals surface area (Å²) in [5.41, 5.74) is 1.05. The Bertz CT molecular complexity index is 1020. The molecular weight excluding hydrogens is 358 g/mol. The smallest absolute Gasteiger partial charge is 0.238 e. The van der Waals surface area contributed by atoms with Gasteiger partial charge in [-0.1, -0.05) is 36.4 Å². The molecule has 0 aliphatic carbocycles. The van der Waals surface area contributed by atoms with Gasteiger partial charge < -0.3 is 4.74 Å². The Hall–Kier alpha value is -3.32. The second-order valence-electron chi connectivity index (χ2n) is 5.78. The van der Waals surface area contributed by atoms with E-state index in [1.54, 1.807) is 16.9 Å². The molecule has 6 nitrogen and oxygen atoms in total. The molecule has 0 radical (unpaired) electrons. The molecule has 4 aromatic rings. The Morgan fingerprint density at radius 1 is 0.963 bits per heavy atom. The normalized spacial score (nSPS) is 10.6. The van der Waals surface area contributed by atoms with Crippen LogP contribution in [-0.4, -0.2) is 19.7 Å². The van der Waals surface area contributed by atoms with Crippen molar-refractivity contribution in [2.24, 2.45) is 0 Å². The first kappa shape index (κ1) is 17.1. The van der Waals surface area contributed by atoms with Crippen molar-refractivity contribution in [1.82, 2.24) is 19.7 Å². The van der Waals surface area contributed by atoms with Gasteiger partial charge in [0.2, 0.25) is 11.8 Å². The van der Waals surface area contributed by atoms with Crippen molar-refractivity contribution < 1.29 is 4.74 Å². The van der Waals surface area contributed by atoms with Crippen molar-refractivity contribution in [3.8, 4) is 17.4 Å². The summed E-state index contributed by atoms with van der Waals surface area (Å²) in [6.07, 6.45) is 3.69. The molecule has 2 aromatic heterocycles. The number of ether oxygens (including phenoxy) is 1. The Labute approximate surface area is 161 Å². The van der Waals surface area contributed by atoms with Crippen LogP contribution in [0.2, 0.25) is 0 Å². The Morgan fingerprint density at radius 3 is 2.41 bits per heavy atom. The van der Waals surface area contributed by atoms with E-state index in [-0.39, 0.29) is 0 Å². The van der Waals surface area contributed by atoms with E-state index in [0.717, 1.165) is 10.5 Å². The summed E-state index contributed by atoms with van der Waals surface area (Å²) in [5, 5.41) is 4.33. The van der Waals surface area contributed by atoms with Gasteiger partial charge in [0.15, 0.2) is 5.82 Å². The number of aromatic nitrogens is 4. The summed E-state index contributed by atoms with van der Waals surface area (Å²) >= 11 is 1.44. The zero-order valence-corrected chi connectivity index (χ0v) is 15.4. The maximum absolute atomic E-state index is 5.90. The first-order valence-corrected chi connectivity index (χ1v) is 9.19. The molecule has 0 saturated heterocycles. The third-order valence-electron chi connectivity index (χ3n) is 3.60. The molecule has 0 amide bonds. The highest BCUT2D eigenvalue weighted by molar-refractivity contribution is 8.00. The molecule has 27 heavy (non-hydrogen) atoms. The average Bonchev–Trinajstić information content (AvgIpc) is 3.14. The lowest BCUT2D eigenvalue weighted by molar-refractivity contribution is 0.462. The number of nitrogens with one attached hydrogen (secondary N) is 1. The first-order valence-electron chi connectivity index (χ1n) is 8.38. The van der Waals surface area contributed by atoms with Crippen molar-refractivity contribution in [1.29, 1.82) is 0 Å². The first-order chi connectivity index (χ1) is 13.3. The zero-order valence-electron chi connectivity index (χ0n) is 14.6. The van der Waals surface area contributed by atoms with Gasteiger partial charge in [0.05, 0.1) is 6.20 Å². The van der Waals surface area contributed by atoms with Gasteiger partial charge in [0, 0.05) is 17.2 Å². The maximum atomic E-state index is 5.90. The molecule has 0 spiro atoms. The van der Waals surface area contributed by atoms with E-state index in [9.17, 15) is 0 Å². The topological polar surface area (TPSA) is 64.9 Å². The van der Waals surface area contributed by atoms with E-state index in [1.807, 2.05) is 73.8 Å². The molecule has 0 atom stereocenters. The minimum atomic E-state index is 0.440. The number of benzene rings is 2. The van der Waals surface area contributed by atoms with Crippen LogP contribution in [0.25, 0.3) is 5.82 Å². The van der Waals surface area contributed by atoms with Crippen LogP contribution in [0.15, 0.2) is 84.0 Å². The van der Waals surface area contributed by atoms with Crippen molar-refractivity contribution in [3.63, 3.8) is 0 Å². The van der Waals surface area contributed by atoms with E-state index in [0.29, 0.717) is 23.4 Å². The predicted molar refractivity (Wildman–Crippen MR) is 106 cm³/mol. The molecule has 0 fully saturated rings. The SMILES string of the molecule is Cc1cnn(-c2cc(Oc3ccccc3)nc(NSc3ccccc3)n2)c1. The Kier molecular flexibility index (Phi) is 5.02. The fraction of sp³-hybridized carbons (Fsp3) is 0.0500. The maximum Gasteiger partial charge on any atom is 0.238 e. The fourth-order valence-electron chi connectivity index (χ4n) is 2.37. The number of aryl methyl sites for hydroxylation is 1. The molecular formula is C20H17N5OS. The third kappa shape index (κ3) is 4.45. The number of hydrogen-bond donors (Lipinski definition) is 1. The van der Waals surface area contributed by atoms with Crippen LogP contribution in [0.5, 0.6) is 11.6 Å². The summed E-state index contributed by atoms with van der Waals surface area (Å²) in [6.45, 7) is 1.98. The Balaban J connectivity index is 1.63. The van der Waals surface area contributed by atoms with Gasteiger partial charge in [-0.3, -0.25) is 4.72 Å². The number of rotatable bonds is 6. The molecule has 0 bridgehead atoms. The van der Waals surface area contributed by atoms with E-state index in [2.05, 4.69) is 19.8 Å². The molecule has 2 aromatic carbocycles. The van der Waals surface area contributed by atoms with Gasteiger partial charge >= 0.3 is 0 Å². The zero-order chi connectivity index (χ0) is 18.5. The largest absolute Gasteiger partial charge is 0.439 e. The van der Waals surface area contributed by atoms with Crippen molar-refractivity contribution >= 4 is 17.9 Å². The van der Waals surface area contributed by atoms with Crippen LogP contribution < -0.4 is 9.46 Å². The summed E-state index contributed by atoms with van der Waals surface area (Å²) < 4.78 is 10.8. The average molecular weight is 375 g/mol. The van der Waals surface area contributed by atoms with Crippen LogP contribution in [-0.2, 0) is 0 Å². The molecule has 0 aliphatic heterocycles. The molecule has 134 valence electrons. The molecule has 0 saturated carbocycles. The third-order valence-corrected chi connectivity index (χ3v) is 4.40.